The number of nitrogen functional groups attached to an aromatic ring is 1. The van der Waals surface area contributed by atoms with Crippen LogP contribution in [0.4, 0.5) is 5.69 Å². The monoisotopic (exact) mass is 352 g/mol. The van der Waals surface area contributed by atoms with Gasteiger partial charge < -0.3 is 10.3 Å². The molecule has 0 aliphatic heterocycles. The molecule has 0 amide bonds. The number of imidazole rings is 1. The molecule has 4 heteroatoms. The van der Waals surface area contributed by atoms with Crippen LogP contribution in [-0.4, -0.2) is 9.55 Å². The van der Waals surface area contributed by atoms with Crippen LogP contribution in [0.5, 0.6) is 0 Å². The van der Waals surface area contributed by atoms with Crippen molar-refractivity contribution in [2.75, 3.05) is 5.73 Å². The summed E-state index contributed by atoms with van der Waals surface area (Å²) in [7, 11) is 0. The van der Waals surface area contributed by atoms with E-state index in [1.165, 1.54) is 11.1 Å². The lowest BCUT2D eigenvalue weighted by Gasteiger charge is -2.11. The molecule has 1 heterocycles. The zero-order valence-electron chi connectivity index (χ0n) is 15.4. The largest absolute Gasteiger partial charge is 0.399 e. The third kappa shape index (κ3) is 3.16. The van der Waals surface area contributed by atoms with E-state index in [4.69, 9.17) is 16.0 Å². The average Bonchev–Trinajstić information content (AvgIpc) is 3.01. The van der Waals surface area contributed by atoms with E-state index >= 15 is 0 Å². The fourth-order valence-corrected chi connectivity index (χ4v) is 3.26. The van der Waals surface area contributed by atoms with E-state index in [0.29, 0.717) is 12.1 Å². The zero-order chi connectivity index (χ0) is 19.0. The Morgan fingerprint density at radius 2 is 1.63 bits per heavy atom. The smallest absolute Gasteiger partial charge is 0.141 e. The van der Waals surface area contributed by atoms with Crippen LogP contribution in [0.15, 0.2) is 60.7 Å². The Bertz CT molecular complexity index is 1160. The molecule has 132 valence electrons. The fourth-order valence-electron chi connectivity index (χ4n) is 3.26. The van der Waals surface area contributed by atoms with E-state index in [1.54, 1.807) is 0 Å². The summed E-state index contributed by atoms with van der Waals surface area (Å²) in [6, 6.07) is 22.0. The molecule has 0 fully saturated rings. The highest BCUT2D eigenvalue weighted by molar-refractivity contribution is 5.82. The van der Waals surface area contributed by atoms with Gasteiger partial charge in [-0.3, -0.25) is 0 Å². The molecule has 4 rings (SSSR count). The quantitative estimate of drug-likeness (QED) is 0.537. The van der Waals surface area contributed by atoms with Gasteiger partial charge in [0.05, 0.1) is 22.7 Å². The predicted octanol–water partition coefficient (Wildman–Crippen LogP) is 4.82. The number of aromatic nitrogens is 2. The molecule has 27 heavy (non-hydrogen) atoms. The first-order valence-electron chi connectivity index (χ1n) is 8.87. The van der Waals surface area contributed by atoms with Gasteiger partial charge in [-0.1, -0.05) is 12.1 Å². The van der Waals surface area contributed by atoms with Crippen molar-refractivity contribution in [3.05, 3.63) is 82.9 Å². The van der Waals surface area contributed by atoms with E-state index in [9.17, 15) is 0 Å². The number of aryl methyl sites for hydroxylation is 2. The molecular formula is C23H20N4. The van der Waals surface area contributed by atoms with E-state index in [2.05, 4.69) is 36.6 Å². The molecule has 0 saturated carbocycles. The topological polar surface area (TPSA) is 67.6 Å². The Morgan fingerprint density at radius 3 is 2.30 bits per heavy atom. The Hall–Kier alpha value is -3.58. The number of nitrogens with two attached hydrogens (primary N) is 1. The molecule has 4 nitrogen and oxygen atoms in total. The van der Waals surface area contributed by atoms with Gasteiger partial charge in [0, 0.05) is 17.8 Å². The van der Waals surface area contributed by atoms with Crippen molar-refractivity contribution < 1.29 is 0 Å². The van der Waals surface area contributed by atoms with E-state index in [0.717, 1.165) is 33.7 Å². The van der Waals surface area contributed by atoms with Gasteiger partial charge >= 0.3 is 0 Å². The van der Waals surface area contributed by atoms with Crippen molar-refractivity contribution in [3.63, 3.8) is 0 Å². The van der Waals surface area contributed by atoms with Gasteiger partial charge in [-0.15, -0.1) is 0 Å². The van der Waals surface area contributed by atoms with Crippen LogP contribution in [0.1, 0.15) is 22.3 Å². The van der Waals surface area contributed by atoms with Crippen molar-refractivity contribution in [2.24, 2.45) is 0 Å². The van der Waals surface area contributed by atoms with Crippen molar-refractivity contribution in [3.8, 4) is 17.5 Å². The zero-order valence-corrected chi connectivity index (χ0v) is 15.4. The molecule has 0 spiro atoms. The summed E-state index contributed by atoms with van der Waals surface area (Å²) in [6.07, 6.45) is 0. The van der Waals surface area contributed by atoms with Gasteiger partial charge in [0.1, 0.15) is 5.82 Å². The summed E-state index contributed by atoms with van der Waals surface area (Å²) in [5, 5.41) is 9.02. The Balaban J connectivity index is 1.89. The van der Waals surface area contributed by atoms with Crippen LogP contribution in [0.25, 0.3) is 22.4 Å². The number of fused-ring (bicyclic) bond motifs is 1. The molecule has 2 N–H and O–H groups in total. The lowest BCUT2D eigenvalue weighted by Crippen LogP contribution is -2.02. The molecule has 0 aliphatic carbocycles. The predicted molar refractivity (Wildman–Crippen MR) is 109 cm³/mol. The summed E-state index contributed by atoms with van der Waals surface area (Å²) in [5.74, 6) is 0.916. The van der Waals surface area contributed by atoms with Gasteiger partial charge in [-0.05, 0) is 79.1 Å². The molecule has 4 aromatic rings. The number of benzene rings is 3. The van der Waals surface area contributed by atoms with E-state index < -0.39 is 0 Å². The second-order valence-corrected chi connectivity index (χ2v) is 6.88. The Labute approximate surface area is 158 Å². The van der Waals surface area contributed by atoms with Gasteiger partial charge in [0.2, 0.25) is 0 Å². The third-order valence-electron chi connectivity index (χ3n) is 4.96. The summed E-state index contributed by atoms with van der Waals surface area (Å²) >= 11 is 0. The first-order chi connectivity index (χ1) is 13.0. The molecule has 0 aliphatic rings. The van der Waals surface area contributed by atoms with Crippen LogP contribution in [0.2, 0.25) is 0 Å². The number of hydrogen-bond donors (Lipinski definition) is 1. The molecule has 0 bridgehead atoms. The minimum atomic E-state index is 0.666. The highest BCUT2D eigenvalue weighted by Crippen LogP contribution is 2.28. The third-order valence-corrected chi connectivity index (χ3v) is 4.96. The maximum atomic E-state index is 9.02. The number of nitrogens with zero attached hydrogens (tertiary/aromatic N) is 3. The standard InChI is InChI=1S/C23H20N4/c1-15-11-21-22(12-16(15)2)27(14-18-5-3-17(13-24)4-6-18)23(26-21)19-7-9-20(25)10-8-19/h3-12H,14,25H2,1-2H3. The number of nitriles is 1. The summed E-state index contributed by atoms with van der Waals surface area (Å²) in [6.45, 7) is 4.92. The number of hydrogen-bond acceptors (Lipinski definition) is 3. The second-order valence-electron chi connectivity index (χ2n) is 6.88. The fraction of sp³-hybridized carbons (Fsp3) is 0.130. The Kier molecular flexibility index (Phi) is 4.13. The van der Waals surface area contributed by atoms with Gasteiger partial charge in [0.25, 0.3) is 0 Å². The lowest BCUT2D eigenvalue weighted by molar-refractivity contribution is 0.834. The normalized spacial score (nSPS) is 10.9. The molecule has 1 aromatic heterocycles. The first kappa shape index (κ1) is 16.9. The lowest BCUT2D eigenvalue weighted by atomic mass is 10.1. The minimum absolute atomic E-state index is 0.666. The first-order valence-corrected chi connectivity index (χ1v) is 8.87. The molecular weight excluding hydrogens is 332 g/mol. The highest BCUT2D eigenvalue weighted by Gasteiger charge is 2.14. The molecule has 0 radical (unpaired) electrons. The van der Waals surface area contributed by atoms with Crippen molar-refractivity contribution in [1.29, 1.82) is 5.26 Å². The maximum absolute atomic E-state index is 9.02. The molecule has 0 saturated heterocycles. The van der Waals surface area contributed by atoms with Crippen molar-refractivity contribution >= 4 is 16.7 Å². The van der Waals surface area contributed by atoms with Crippen LogP contribution in [0.3, 0.4) is 0 Å². The highest BCUT2D eigenvalue weighted by atomic mass is 15.1. The van der Waals surface area contributed by atoms with E-state index in [-0.39, 0.29) is 0 Å². The van der Waals surface area contributed by atoms with Crippen molar-refractivity contribution in [1.82, 2.24) is 9.55 Å². The van der Waals surface area contributed by atoms with Crippen LogP contribution in [0, 0.1) is 25.2 Å². The van der Waals surface area contributed by atoms with Crippen LogP contribution in [-0.2, 0) is 6.54 Å². The SMILES string of the molecule is Cc1cc2nc(-c3ccc(N)cc3)n(Cc3ccc(C#N)cc3)c2cc1C. The van der Waals surface area contributed by atoms with Crippen LogP contribution < -0.4 is 5.73 Å². The molecule has 0 atom stereocenters. The number of anilines is 1. The summed E-state index contributed by atoms with van der Waals surface area (Å²) in [5.41, 5.74) is 14.0. The Morgan fingerprint density at radius 1 is 0.963 bits per heavy atom. The number of rotatable bonds is 3. The second kappa shape index (κ2) is 6.62. The van der Waals surface area contributed by atoms with Gasteiger partial charge in [-0.25, -0.2) is 4.98 Å². The average molecular weight is 352 g/mol. The van der Waals surface area contributed by atoms with Gasteiger partial charge in [0.15, 0.2) is 0 Å². The van der Waals surface area contributed by atoms with E-state index in [1.807, 2.05) is 48.5 Å². The van der Waals surface area contributed by atoms with Gasteiger partial charge in [-0.2, -0.15) is 5.26 Å². The molecule has 3 aromatic carbocycles. The summed E-state index contributed by atoms with van der Waals surface area (Å²) in [4.78, 5) is 4.91. The van der Waals surface area contributed by atoms with Crippen LogP contribution >= 0.6 is 0 Å². The van der Waals surface area contributed by atoms with Crippen molar-refractivity contribution in [2.45, 2.75) is 20.4 Å². The molecule has 0 unspecified atom stereocenters. The summed E-state index contributed by atoms with van der Waals surface area (Å²) < 4.78 is 2.23. The minimum Gasteiger partial charge on any atom is -0.399 e. The maximum Gasteiger partial charge on any atom is 0.141 e.